The lowest BCUT2D eigenvalue weighted by Gasteiger charge is -2.01. The molecule has 0 fully saturated rings. The second-order valence-corrected chi connectivity index (χ2v) is 5.91. The van der Waals surface area contributed by atoms with Crippen LogP contribution in [0.5, 0.6) is 0 Å². The number of hydrogen-bond donors (Lipinski definition) is 1. The van der Waals surface area contributed by atoms with E-state index in [1.807, 2.05) is 48.5 Å². The summed E-state index contributed by atoms with van der Waals surface area (Å²) in [5.74, 6) is -0.443. The number of rotatable bonds is 4. The average Bonchev–Trinajstić information content (AvgIpc) is 3.10. The molecule has 6 heteroatoms. The summed E-state index contributed by atoms with van der Waals surface area (Å²) < 4.78 is 1.72. The zero-order valence-electron chi connectivity index (χ0n) is 14.0. The van der Waals surface area contributed by atoms with Crippen LogP contribution in [0.15, 0.2) is 66.4 Å². The number of nitriles is 1. The van der Waals surface area contributed by atoms with Crippen LogP contribution < -0.4 is 5.32 Å². The Kier molecular flexibility index (Phi) is 5.16. The van der Waals surface area contributed by atoms with Gasteiger partial charge in [-0.2, -0.15) is 10.4 Å². The van der Waals surface area contributed by atoms with E-state index in [4.69, 9.17) is 11.6 Å². The van der Waals surface area contributed by atoms with Gasteiger partial charge in [0, 0.05) is 29.4 Å². The Morgan fingerprint density at radius 3 is 2.50 bits per heavy atom. The number of halogens is 1. The maximum absolute atomic E-state index is 11.9. The monoisotopic (exact) mass is 362 g/mol. The summed E-state index contributed by atoms with van der Waals surface area (Å²) in [4.78, 5) is 11.9. The SMILES string of the molecule is CNC(=O)C(C#N)=Cc1cn(-c2ccccc2)nc1-c1ccc(Cl)cc1. The molecule has 1 N–H and O–H groups in total. The van der Waals surface area contributed by atoms with Crippen molar-refractivity contribution in [2.24, 2.45) is 0 Å². The minimum Gasteiger partial charge on any atom is -0.354 e. The molecule has 128 valence electrons. The van der Waals surface area contributed by atoms with E-state index >= 15 is 0 Å². The molecule has 0 aliphatic rings. The Morgan fingerprint density at radius 1 is 1.19 bits per heavy atom. The Hall–Kier alpha value is -3.36. The Morgan fingerprint density at radius 2 is 1.88 bits per heavy atom. The van der Waals surface area contributed by atoms with E-state index in [1.54, 1.807) is 23.0 Å². The van der Waals surface area contributed by atoms with Crippen LogP contribution in [-0.4, -0.2) is 22.7 Å². The first kappa shape index (κ1) is 17.5. The van der Waals surface area contributed by atoms with E-state index in [0.717, 1.165) is 11.3 Å². The first-order chi connectivity index (χ1) is 12.6. The molecule has 3 aromatic rings. The summed E-state index contributed by atoms with van der Waals surface area (Å²) in [6.07, 6.45) is 3.33. The number of likely N-dealkylation sites (N-methyl/N-ethyl adjacent to an activating group) is 1. The van der Waals surface area contributed by atoms with Crippen molar-refractivity contribution in [1.29, 1.82) is 5.26 Å². The zero-order chi connectivity index (χ0) is 18.5. The van der Waals surface area contributed by atoms with Gasteiger partial charge >= 0.3 is 0 Å². The number of para-hydroxylation sites is 1. The van der Waals surface area contributed by atoms with Crippen molar-refractivity contribution in [1.82, 2.24) is 15.1 Å². The molecule has 26 heavy (non-hydrogen) atoms. The van der Waals surface area contributed by atoms with Crippen LogP contribution in [0.1, 0.15) is 5.56 Å². The van der Waals surface area contributed by atoms with Gasteiger partial charge in [0.1, 0.15) is 11.6 Å². The highest BCUT2D eigenvalue weighted by atomic mass is 35.5. The van der Waals surface area contributed by atoms with E-state index in [9.17, 15) is 10.1 Å². The summed E-state index contributed by atoms with van der Waals surface area (Å²) in [5, 5.41) is 17.0. The van der Waals surface area contributed by atoms with Gasteiger partial charge in [-0.05, 0) is 30.3 Å². The van der Waals surface area contributed by atoms with Gasteiger partial charge in [0.25, 0.3) is 5.91 Å². The lowest BCUT2D eigenvalue weighted by Crippen LogP contribution is -2.19. The molecule has 0 unspecified atom stereocenters. The maximum Gasteiger partial charge on any atom is 0.261 e. The minimum absolute atomic E-state index is 0.00956. The van der Waals surface area contributed by atoms with Crippen LogP contribution in [0, 0.1) is 11.3 Å². The number of aromatic nitrogens is 2. The molecular formula is C20H15ClN4O. The normalized spacial score (nSPS) is 11.0. The van der Waals surface area contributed by atoms with Gasteiger partial charge in [-0.1, -0.05) is 41.9 Å². The predicted molar refractivity (Wildman–Crippen MR) is 102 cm³/mol. The van der Waals surface area contributed by atoms with Crippen molar-refractivity contribution in [2.45, 2.75) is 0 Å². The fourth-order valence-electron chi connectivity index (χ4n) is 2.48. The van der Waals surface area contributed by atoms with Gasteiger partial charge in [-0.15, -0.1) is 0 Å². The fraction of sp³-hybridized carbons (Fsp3) is 0.0500. The molecule has 2 aromatic carbocycles. The largest absolute Gasteiger partial charge is 0.354 e. The lowest BCUT2D eigenvalue weighted by molar-refractivity contribution is -0.116. The standard InChI is InChI=1S/C20H15ClN4O/c1-23-20(26)15(12-22)11-16-13-25(18-5-3-2-4-6-18)24-19(16)14-7-9-17(21)10-8-14/h2-11,13H,1H3,(H,23,26). The van der Waals surface area contributed by atoms with E-state index in [1.165, 1.54) is 13.1 Å². The Labute approximate surface area is 156 Å². The van der Waals surface area contributed by atoms with E-state index in [0.29, 0.717) is 16.3 Å². The molecule has 0 aliphatic carbocycles. The third-order valence-electron chi connectivity index (χ3n) is 3.77. The van der Waals surface area contributed by atoms with E-state index in [2.05, 4.69) is 10.4 Å². The van der Waals surface area contributed by atoms with Crippen LogP contribution in [0.2, 0.25) is 5.02 Å². The third kappa shape index (κ3) is 3.66. The van der Waals surface area contributed by atoms with E-state index in [-0.39, 0.29) is 5.57 Å². The molecule has 0 atom stereocenters. The highest BCUT2D eigenvalue weighted by molar-refractivity contribution is 6.30. The highest BCUT2D eigenvalue weighted by Gasteiger charge is 2.14. The first-order valence-corrected chi connectivity index (χ1v) is 8.25. The highest BCUT2D eigenvalue weighted by Crippen LogP contribution is 2.27. The van der Waals surface area contributed by atoms with Gasteiger partial charge in [0.05, 0.1) is 11.4 Å². The first-order valence-electron chi connectivity index (χ1n) is 7.87. The maximum atomic E-state index is 11.9. The molecule has 0 saturated heterocycles. The van der Waals surface area contributed by atoms with Crippen LogP contribution >= 0.6 is 11.6 Å². The lowest BCUT2D eigenvalue weighted by atomic mass is 10.1. The van der Waals surface area contributed by atoms with Crippen molar-refractivity contribution in [2.75, 3.05) is 7.05 Å². The molecule has 0 spiro atoms. The molecular weight excluding hydrogens is 348 g/mol. The van der Waals surface area contributed by atoms with Crippen molar-refractivity contribution in [3.63, 3.8) is 0 Å². The molecule has 1 aromatic heterocycles. The van der Waals surface area contributed by atoms with Crippen molar-refractivity contribution in [3.8, 4) is 23.0 Å². The quantitative estimate of drug-likeness (QED) is 0.566. The second kappa shape index (κ2) is 7.68. The molecule has 0 radical (unpaired) electrons. The number of nitrogens with zero attached hydrogens (tertiary/aromatic N) is 3. The fourth-order valence-corrected chi connectivity index (χ4v) is 2.60. The molecule has 1 amide bonds. The van der Waals surface area contributed by atoms with Gasteiger partial charge in [-0.3, -0.25) is 4.79 Å². The van der Waals surface area contributed by atoms with Crippen LogP contribution in [-0.2, 0) is 4.79 Å². The average molecular weight is 363 g/mol. The Bertz CT molecular complexity index is 999. The van der Waals surface area contributed by atoms with Gasteiger partial charge in [-0.25, -0.2) is 4.68 Å². The number of hydrogen-bond acceptors (Lipinski definition) is 3. The molecule has 5 nitrogen and oxygen atoms in total. The molecule has 3 rings (SSSR count). The summed E-state index contributed by atoms with van der Waals surface area (Å²) in [6, 6.07) is 18.8. The number of nitrogens with one attached hydrogen (secondary N) is 1. The number of carbonyl (C=O) groups excluding carboxylic acids is 1. The summed E-state index contributed by atoms with van der Waals surface area (Å²) >= 11 is 5.97. The molecule has 0 saturated carbocycles. The zero-order valence-corrected chi connectivity index (χ0v) is 14.7. The second-order valence-electron chi connectivity index (χ2n) is 5.47. The van der Waals surface area contributed by atoms with Crippen LogP contribution in [0.3, 0.4) is 0 Å². The number of amides is 1. The topological polar surface area (TPSA) is 70.7 Å². The summed E-state index contributed by atoms with van der Waals surface area (Å²) in [7, 11) is 1.49. The van der Waals surface area contributed by atoms with Gasteiger partial charge in [0.15, 0.2) is 0 Å². The third-order valence-corrected chi connectivity index (χ3v) is 4.02. The molecule has 1 heterocycles. The van der Waals surface area contributed by atoms with Crippen LogP contribution in [0.25, 0.3) is 23.0 Å². The molecule has 0 bridgehead atoms. The predicted octanol–water partition coefficient (Wildman–Crippen LogP) is 3.85. The molecule has 0 aliphatic heterocycles. The minimum atomic E-state index is -0.443. The van der Waals surface area contributed by atoms with E-state index < -0.39 is 5.91 Å². The number of benzene rings is 2. The van der Waals surface area contributed by atoms with Crippen molar-refractivity contribution in [3.05, 3.63) is 77.0 Å². The van der Waals surface area contributed by atoms with Gasteiger partial charge in [0.2, 0.25) is 0 Å². The van der Waals surface area contributed by atoms with Crippen molar-refractivity contribution >= 4 is 23.6 Å². The smallest absolute Gasteiger partial charge is 0.261 e. The van der Waals surface area contributed by atoms with Gasteiger partial charge < -0.3 is 5.32 Å². The Balaban J connectivity index is 2.16. The van der Waals surface area contributed by atoms with Crippen LogP contribution in [0.4, 0.5) is 0 Å². The summed E-state index contributed by atoms with van der Waals surface area (Å²) in [6.45, 7) is 0. The van der Waals surface area contributed by atoms with Crippen molar-refractivity contribution < 1.29 is 4.79 Å². The summed E-state index contributed by atoms with van der Waals surface area (Å²) in [5.41, 5.74) is 3.04. The number of carbonyl (C=O) groups is 1.